The molecule has 0 saturated heterocycles. The maximum Gasteiger partial charge on any atom is 0.263 e. The maximum atomic E-state index is 13.0. The standard InChI is InChI=1S/C20H17N3O4S2/c1-3-7-23-19(26)13-6-8-28-18(13)22-20(23)29-11(2)17(25)12-4-5-15-14(9-12)21-16(24)10-27-15/h3-6,8-9,11H,1,7,10H2,2H3,(H,21,24)/t11-/m1/s1. The summed E-state index contributed by atoms with van der Waals surface area (Å²) >= 11 is 2.61. The molecule has 9 heteroatoms. The van der Waals surface area contributed by atoms with E-state index in [1.165, 1.54) is 27.7 Å². The fourth-order valence-corrected chi connectivity index (χ4v) is 4.79. The first-order chi connectivity index (χ1) is 14.0. The first-order valence-corrected chi connectivity index (χ1v) is 10.6. The highest BCUT2D eigenvalue weighted by Gasteiger charge is 2.23. The number of rotatable bonds is 6. The Morgan fingerprint density at radius 1 is 1.45 bits per heavy atom. The Hall–Kier alpha value is -2.91. The summed E-state index contributed by atoms with van der Waals surface area (Å²) in [7, 11) is 0. The highest BCUT2D eigenvalue weighted by atomic mass is 32.2. The number of aromatic nitrogens is 2. The monoisotopic (exact) mass is 427 g/mol. The normalized spacial score (nSPS) is 14.0. The molecular formula is C20H17N3O4S2. The molecule has 3 aromatic rings. The van der Waals surface area contributed by atoms with E-state index in [0.29, 0.717) is 38.9 Å². The van der Waals surface area contributed by atoms with Gasteiger partial charge in [-0.1, -0.05) is 17.8 Å². The minimum absolute atomic E-state index is 0.0375. The summed E-state index contributed by atoms with van der Waals surface area (Å²) in [6.07, 6.45) is 1.63. The van der Waals surface area contributed by atoms with E-state index >= 15 is 0 Å². The summed E-state index contributed by atoms with van der Waals surface area (Å²) in [5.41, 5.74) is 0.780. The van der Waals surface area contributed by atoms with Gasteiger partial charge in [0.2, 0.25) is 0 Å². The molecule has 1 atom stereocenters. The third kappa shape index (κ3) is 3.70. The highest BCUT2D eigenvalue weighted by molar-refractivity contribution is 8.00. The van der Waals surface area contributed by atoms with Crippen LogP contribution in [0.25, 0.3) is 10.2 Å². The number of amides is 1. The Morgan fingerprint density at radius 2 is 2.28 bits per heavy atom. The molecule has 2 aromatic heterocycles. The number of nitrogens with zero attached hydrogens (tertiary/aromatic N) is 2. The molecule has 0 bridgehead atoms. The van der Waals surface area contributed by atoms with Crippen molar-refractivity contribution >= 4 is 50.7 Å². The SMILES string of the molecule is C=CCn1c(S[C@H](C)C(=O)c2ccc3c(c2)NC(=O)CO3)nc2sccc2c1=O. The topological polar surface area (TPSA) is 90.3 Å². The van der Waals surface area contributed by atoms with Crippen LogP contribution in [0.1, 0.15) is 17.3 Å². The molecule has 0 saturated carbocycles. The van der Waals surface area contributed by atoms with Crippen molar-refractivity contribution in [3.63, 3.8) is 0 Å². The van der Waals surface area contributed by atoms with Crippen LogP contribution < -0.4 is 15.6 Å². The van der Waals surface area contributed by atoms with Gasteiger partial charge in [0.25, 0.3) is 11.5 Å². The van der Waals surface area contributed by atoms with Crippen LogP contribution in [0.3, 0.4) is 0 Å². The number of hydrogen-bond acceptors (Lipinski definition) is 7. The van der Waals surface area contributed by atoms with Gasteiger partial charge >= 0.3 is 0 Å². The number of carbonyl (C=O) groups excluding carboxylic acids is 2. The summed E-state index contributed by atoms with van der Waals surface area (Å²) in [5.74, 6) is 0.140. The first kappa shape index (κ1) is 19.4. The predicted octanol–water partition coefficient (Wildman–Crippen LogP) is 3.34. The largest absolute Gasteiger partial charge is 0.482 e. The van der Waals surface area contributed by atoms with Gasteiger partial charge in [-0.25, -0.2) is 4.98 Å². The van der Waals surface area contributed by atoms with Gasteiger partial charge in [0.1, 0.15) is 10.6 Å². The lowest BCUT2D eigenvalue weighted by Gasteiger charge is -2.19. The summed E-state index contributed by atoms with van der Waals surface area (Å²) in [6.45, 7) is 5.75. The number of thiophene rings is 1. The molecule has 1 N–H and O–H groups in total. The summed E-state index contributed by atoms with van der Waals surface area (Å²) in [6, 6.07) is 6.70. The fourth-order valence-electron chi connectivity index (χ4n) is 2.99. The third-order valence-electron chi connectivity index (χ3n) is 4.41. The number of hydrogen-bond donors (Lipinski definition) is 1. The molecule has 1 amide bonds. The second-order valence-electron chi connectivity index (χ2n) is 6.41. The minimum atomic E-state index is -0.492. The van der Waals surface area contributed by atoms with E-state index in [2.05, 4.69) is 16.9 Å². The predicted molar refractivity (Wildman–Crippen MR) is 114 cm³/mol. The zero-order chi connectivity index (χ0) is 20.5. The van der Waals surface area contributed by atoms with Crippen molar-refractivity contribution in [2.75, 3.05) is 11.9 Å². The van der Waals surface area contributed by atoms with E-state index in [9.17, 15) is 14.4 Å². The van der Waals surface area contributed by atoms with E-state index in [1.54, 1.807) is 37.3 Å². The molecule has 7 nitrogen and oxygen atoms in total. The number of fused-ring (bicyclic) bond motifs is 2. The van der Waals surface area contributed by atoms with Crippen molar-refractivity contribution in [1.82, 2.24) is 9.55 Å². The van der Waals surface area contributed by atoms with Crippen LogP contribution >= 0.6 is 23.1 Å². The molecule has 0 fully saturated rings. The van der Waals surface area contributed by atoms with Gasteiger partial charge in [-0.3, -0.25) is 19.0 Å². The molecule has 29 heavy (non-hydrogen) atoms. The van der Waals surface area contributed by atoms with Crippen molar-refractivity contribution in [1.29, 1.82) is 0 Å². The van der Waals surface area contributed by atoms with Crippen LogP contribution in [0.15, 0.2) is 52.3 Å². The summed E-state index contributed by atoms with van der Waals surface area (Å²) in [4.78, 5) is 42.5. The van der Waals surface area contributed by atoms with Crippen molar-refractivity contribution in [3.8, 4) is 5.75 Å². The van der Waals surface area contributed by atoms with Crippen LogP contribution in [0.4, 0.5) is 5.69 Å². The fraction of sp³-hybridized carbons (Fsp3) is 0.200. The van der Waals surface area contributed by atoms with Gasteiger partial charge in [0.05, 0.1) is 16.3 Å². The molecule has 1 aliphatic rings. The number of benzene rings is 1. The molecule has 1 aromatic carbocycles. The van der Waals surface area contributed by atoms with Gasteiger partial charge in [-0.2, -0.15) is 0 Å². The molecule has 0 unspecified atom stereocenters. The van der Waals surface area contributed by atoms with Crippen molar-refractivity contribution in [2.45, 2.75) is 23.9 Å². The summed E-state index contributed by atoms with van der Waals surface area (Å²) in [5, 5.41) is 5.07. The van der Waals surface area contributed by atoms with Crippen LogP contribution in [0, 0.1) is 0 Å². The molecule has 148 valence electrons. The Labute approximate surface area is 174 Å². The average molecular weight is 428 g/mol. The zero-order valence-electron chi connectivity index (χ0n) is 15.5. The Bertz CT molecular complexity index is 1200. The lowest BCUT2D eigenvalue weighted by Crippen LogP contribution is -2.26. The van der Waals surface area contributed by atoms with Crippen LogP contribution in [0.2, 0.25) is 0 Å². The van der Waals surface area contributed by atoms with E-state index in [-0.39, 0.29) is 23.9 Å². The number of ketones is 1. The lowest BCUT2D eigenvalue weighted by molar-refractivity contribution is -0.118. The molecule has 0 aliphatic carbocycles. The smallest absolute Gasteiger partial charge is 0.263 e. The zero-order valence-corrected chi connectivity index (χ0v) is 17.1. The van der Waals surface area contributed by atoms with Gasteiger partial charge < -0.3 is 10.1 Å². The summed E-state index contributed by atoms with van der Waals surface area (Å²) < 4.78 is 6.86. The van der Waals surface area contributed by atoms with Crippen molar-refractivity contribution in [3.05, 3.63) is 58.2 Å². The number of Topliss-reactive ketones (excluding diaryl/α,β-unsaturated/α-hetero) is 1. The minimum Gasteiger partial charge on any atom is -0.482 e. The Kier molecular flexibility index (Phi) is 5.25. The van der Waals surface area contributed by atoms with Crippen molar-refractivity contribution < 1.29 is 14.3 Å². The molecule has 1 aliphatic heterocycles. The number of allylic oxidation sites excluding steroid dienone is 1. The quantitative estimate of drug-likeness (QED) is 0.281. The number of ether oxygens (including phenoxy) is 1. The Balaban J connectivity index is 1.63. The van der Waals surface area contributed by atoms with Gasteiger partial charge in [-0.15, -0.1) is 17.9 Å². The lowest BCUT2D eigenvalue weighted by atomic mass is 10.1. The maximum absolute atomic E-state index is 13.0. The van der Waals surface area contributed by atoms with E-state index < -0.39 is 5.25 Å². The first-order valence-electron chi connectivity index (χ1n) is 8.84. The van der Waals surface area contributed by atoms with E-state index in [4.69, 9.17) is 4.74 Å². The second-order valence-corrected chi connectivity index (χ2v) is 8.61. The average Bonchev–Trinajstić information content (AvgIpc) is 3.18. The van der Waals surface area contributed by atoms with E-state index in [1.807, 2.05) is 5.38 Å². The van der Waals surface area contributed by atoms with Crippen LogP contribution in [-0.4, -0.2) is 33.1 Å². The van der Waals surface area contributed by atoms with Gasteiger partial charge in [0.15, 0.2) is 17.5 Å². The second kappa shape index (κ2) is 7.84. The van der Waals surface area contributed by atoms with Gasteiger partial charge in [-0.05, 0) is 36.6 Å². The molecular weight excluding hydrogens is 410 g/mol. The Morgan fingerprint density at radius 3 is 3.07 bits per heavy atom. The van der Waals surface area contributed by atoms with Gasteiger partial charge in [0, 0.05) is 12.1 Å². The van der Waals surface area contributed by atoms with Crippen LogP contribution in [-0.2, 0) is 11.3 Å². The molecule has 3 heterocycles. The van der Waals surface area contributed by atoms with E-state index in [0.717, 1.165) is 0 Å². The number of carbonyl (C=O) groups is 2. The molecule has 0 radical (unpaired) electrons. The third-order valence-corrected chi connectivity index (χ3v) is 6.31. The number of nitrogens with one attached hydrogen (secondary N) is 1. The number of thioether (sulfide) groups is 1. The highest BCUT2D eigenvalue weighted by Crippen LogP contribution is 2.31. The van der Waals surface area contributed by atoms with Crippen molar-refractivity contribution in [2.24, 2.45) is 0 Å². The van der Waals surface area contributed by atoms with Crippen LogP contribution in [0.5, 0.6) is 5.75 Å². The molecule has 0 spiro atoms. The number of anilines is 1. The molecule has 4 rings (SSSR count).